The average Bonchev–Trinajstić information content (AvgIpc) is 2.72. The molecule has 3 nitrogen and oxygen atoms in total. The SMILES string of the molecule is COc1ccc(C(F)(F)c2nc3ccccc3c3ccc(OC)cc23)cc1. The molecule has 0 unspecified atom stereocenters. The van der Waals surface area contributed by atoms with Crippen LogP contribution in [0.5, 0.6) is 11.5 Å². The molecule has 27 heavy (non-hydrogen) atoms. The molecule has 0 spiro atoms. The summed E-state index contributed by atoms with van der Waals surface area (Å²) in [6.07, 6.45) is 0. The lowest BCUT2D eigenvalue weighted by Gasteiger charge is -2.20. The van der Waals surface area contributed by atoms with E-state index in [2.05, 4.69) is 4.98 Å². The summed E-state index contributed by atoms with van der Waals surface area (Å²) >= 11 is 0. The third-order valence-electron chi connectivity index (χ3n) is 4.66. The molecule has 5 heteroatoms. The van der Waals surface area contributed by atoms with Crippen LogP contribution in [-0.4, -0.2) is 19.2 Å². The van der Waals surface area contributed by atoms with Gasteiger partial charge in [0.1, 0.15) is 17.2 Å². The van der Waals surface area contributed by atoms with Crippen molar-refractivity contribution in [2.45, 2.75) is 5.92 Å². The van der Waals surface area contributed by atoms with E-state index in [4.69, 9.17) is 9.47 Å². The summed E-state index contributed by atoms with van der Waals surface area (Å²) < 4.78 is 41.3. The third kappa shape index (κ3) is 2.85. The predicted octanol–water partition coefficient (Wildman–Crippen LogP) is 5.55. The maximum Gasteiger partial charge on any atom is 0.315 e. The van der Waals surface area contributed by atoms with Gasteiger partial charge in [0.25, 0.3) is 0 Å². The first-order valence-electron chi connectivity index (χ1n) is 8.44. The van der Waals surface area contributed by atoms with Crippen molar-refractivity contribution in [2.24, 2.45) is 0 Å². The van der Waals surface area contributed by atoms with Crippen LogP contribution < -0.4 is 9.47 Å². The Balaban J connectivity index is 2.02. The largest absolute Gasteiger partial charge is 0.497 e. The standard InChI is InChI=1S/C22H17F2NO2/c1-26-15-9-7-14(8-10-15)22(23,24)21-19-13-16(27-2)11-12-17(19)18-5-3-4-6-20(18)25-21/h3-13H,1-2H3. The Labute approximate surface area is 155 Å². The normalized spacial score (nSPS) is 11.7. The van der Waals surface area contributed by atoms with Gasteiger partial charge >= 0.3 is 5.92 Å². The summed E-state index contributed by atoms with van der Waals surface area (Å²) in [6, 6.07) is 18.2. The van der Waals surface area contributed by atoms with Gasteiger partial charge in [-0.05, 0) is 53.9 Å². The fourth-order valence-corrected chi connectivity index (χ4v) is 3.24. The third-order valence-corrected chi connectivity index (χ3v) is 4.66. The van der Waals surface area contributed by atoms with E-state index in [0.29, 0.717) is 27.8 Å². The number of halogens is 2. The summed E-state index contributed by atoms with van der Waals surface area (Å²) in [4.78, 5) is 4.33. The van der Waals surface area contributed by atoms with Crippen LogP contribution in [0.15, 0.2) is 66.7 Å². The van der Waals surface area contributed by atoms with Crippen LogP contribution in [0.2, 0.25) is 0 Å². The molecule has 0 saturated heterocycles. The molecule has 0 amide bonds. The number of nitrogens with zero attached hydrogens (tertiary/aromatic N) is 1. The minimum atomic E-state index is -3.28. The molecule has 0 aliphatic carbocycles. The van der Waals surface area contributed by atoms with E-state index in [9.17, 15) is 0 Å². The number of benzene rings is 3. The zero-order valence-electron chi connectivity index (χ0n) is 14.9. The Bertz CT molecular complexity index is 1120. The predicted molar refractivity (Wildman–Crippen MR) is 102 cm³/mol. The van der Waals surface area contributed by atoms with E-state index in [-0.39, 0.29) is 11.3 Å². The number of rotatable bonds is 4. The molecule has 4 rings (SSSR count). The molecule has 0 aliphatic heterocycles. The zero-order chi connectivity index (χ0) is 19.0. The summed E-state index contributed by atoms with van der Waals surface area (Å²) in [5, 5.41) is 1.91. The first-order valence-corrected chi connectivity index (χ1v) is 8.44. The molecule has 3 aromatic carbocycles. The molecular weight excluding hydrogens is 348 g/mol. The smallest absolute Gasteiger partial charge is 0.315 e. The number of pyridine rings is 1. The van der Waals surface area contributed by atoms with Crippen LogP contribution >= 0.6 is 0 Å². The van der Waals surface area contributed by atoms with E-state index in [0.717, 1.165) is 5.39 Å². The second kappa shape index (κ2) is 6.50. The maximum atomic E-state index is 15.5. The monoisotopic (exact) mass is 365 g/mol. The Hall–Kier alpha value is -3.21. The highest BCUT2D eigenvalue weighted by molar-refractivity contribution is 6.07. The van der Waals surface area contributed by atoms with Crippen molar-refractivity contribution >= 4 is 21.7 Å². The summed E-state index contributed by atoms with van der Waals surface area (Å²) in [7, 11) is 3.01. The molecule has 0 saturated carbocycles. The van der Waals surface area contributed by atoms with E-state index >= 15 is 8.78 Å². The van der Waals surface area contributed by atoms with Crippen molar-refractivity contribution in [3.8, 4) is 11.5 Å². The van der Waals surface area contributed by atoms with Gasteiger partial charge in [-0.15, -0.1) is 0 Å². The van der Waals surface area contributed by atoms with Crippen molar-refractivity contribution < 1.29 is 18.3 Å². The lowest BCUT2D eigenvalue weighted by molar-refractivity contribution is 0.0401. The maximum absolute atomic E-state index is 15.5. The molecule has 0 fully saturated rings. The minimum Gasteiger partial charge on any atom is -0.497 e. The van der Waals surface area contributed by atoms with E-state index in [1.165, 1.54) is 38.5 Å². The van der Waals surface area contributed by atoms with Crippen LogP contribution in [0.4, 0.5) is 8.78 Å². The highest BCUT2D eigenvalue weighted by atomic mass is 19.3. The van der Waals surface area contributed by atoms with Gasteiger partial charge in [-0.25, -0.2) is 4.98 Å². The van der Waals surface area contributed by atoms with Crippen LogP contribution in [0.1, 0.15) is 11.3 Å². The van der Waals surface area contributed by atoms with Gasteiger partial charge in [-0.2, -0.15) is 8.78 Å². The van der Waals surface area contributed by atoms with Crippen molar-refractivity contribution in [3.05, 3.63) is 78.0 Å². The Morgan fingerprint density at radius 1 is 0.741 bits per heavy atom. The lowest BCUT2D eigenvalue weighted by Crippen LogP contribution is -2.18. The minimum absolute atomic E-state index is 0.143. The van der Waals surface area contributed by atoms with Gasteiger partial charge in [-0.1, -0.05) is 18.2 Å². The highest BCUT2D eigenvalue weighted by Gasteiger charge is 2.38. The van der Waals surface area contributed by atoms with Gasteiger partial charge in [0.2, 0.25) is 0 Å². The Morgan fingerprint density at radius 3 is 2.11 bits per heavy atom. The molecule has 0 bridgehead atoms. The first-order chi connectivity index (χ1) is 13.0. The van der Waals surface area contributed by atoms with E-state index < -0.39 is 5.92 Å². The van der Waals surface area contributed by atoms with Gasteiger partial charge in [0.05, 0.1) is 19.7 Å². The topological polar surface area (TPSA) is 31.4 Å². The molecule has 1 aromatic heterocycles. The zero-order valence-corrected chi connectivity index (χ0v) is 14.9. The first kappa shape index (κ1) is 17.2. The molecular formula is C22H17F2NO2. The molecule has 0 radical (unpaired) electrons. The molecule has 4 aromatic rings. The van der Waals surface area contributed by atoms with Crippen molar-refractivity contribution in [2.75, 3.05) is 14.2 Å². The number of aromatic nitrogens is 1. The Kier molecular flexibility index (Phi) is 4.15. The summed E-state index contributed by atoms with van der Waals surface area (Å²) in [5.74, 6) is -2.25. The van der Waals surface area contributed by atoms with E-state index in [1.807, 2.05) is 12.1 Å². The van der Waals surface area contributed by atoms with Gasteiger partial charge in [0, 0.05) is 16.3 Å². The second-order valence-electron chi connectivity index (χ2n) is 6.19. The van der Waals surface area contributed by atoms with Crippen molar-refractivity contribution in [3.63, 3.8) is 0 Å². The Morgan fingerprint density at radius 2 is 1.41 bits per heavy atom. The summed E-state index contributed by atoms with van der Waals surface area (Å²) in [5.41, 5.74) is 0.0915. The van der Waals surface area contributed by atoms with Gasteiger partial charge in [-0.3, -0.25) is 0 Å². The fourth-order valence-electron chi connectivity index (χ4n) is 3.24. The molecule has 0 aliphatic rings. The summed E-state index contributed by atoms with van der Waals surface area (Å²) in [6.45, 7) is 0. The average molecular weight is 365 g/mol. The molecule has 136 valence electrons. The van der Waals surface area contributed by atoms with Crippen LogP contribution in [0, 0.1) is 0 Å². The number of alkyl halides is 2. The number of methoxy groups -OCH3 is 2. The molecule has 1 heterocycles. The fraction of sp³-hybridized carbons (Fsp3) is 0.136. The number of para-hydroxylation sites is 1. The highest BCUT2D eigenvalue weighted by Crippen LogP contribution is 2.41. The van der Waals surface area contributed by atoms with Crippen molar-refractivity contribution in [1.29, 1.82) is 0 Å². The number of ether oxygens (including phenoxy) is 2. The lowest BCUT2D eigenvalue weighted by atomic mass is 9.97. The van der Waals surface area contributed by atoms with Crippen LogP contribution in [-0.2, 0) is 5.92 Å². The second-order valence-corrected chi connectivity index (χ2v) is 6.19. The van der Waals surface area contributed by atoms with Crippen LogP contribution in [0.3, 0.4) is 0 Å². The van der Waals surface area contributed by atoms with Gasteiger partial charge in [0.15, 0.2) is 0 Å². The van der Waals surface area contributed by atoms with Crippen molar-refractivity contribution in [1.82, 2.24) is 4.98 Å². The number of hydrogen-bond acceptors (Lipinski definition) is 3. The van der Waals surface area contributed by atoms with E-state index in [1.54, 1.807) is 30.3 Å². The number of hydrogen-bond donors (Lipinski definition) is 0. The molecule has 0 atom stereocenters. The molecule has 0 N–H and O–H groups in total. The number of fused-ring (bicyclic) bond motifs is 3. The quantitative estimate of drug-likeness (QED) is 0.445. The van der Waals surface area contributed by atoms with Gasteiger partial charge < -0.3 is 9.47 Å². The van der Waals surface area contributed by atoms with Crippen LogP contribution in [0.25, 0.3) is 21.7 Å².